The second-order valence-corrected chi connectivity index (χ2v) is 7.29. The number of amides is 2. The molecule has 2 aromatic rings. The Morgan fingerprint density at radius 3 is 2.17 bits per heavy atom. The van der Waals surface area contributed by atoms with Gasteiger partial charge in [-0.2, -0.15) is 8.78 Å². The Morgan fingerprint density at radius 2 is 1.60 bits per heavy atom. The minimum Gasteiger partial charge on any atom is -0.435 e. The summed E-state index contributed by atoms with van der Waals surface area (Å²) in [5, 5.41) is 2.98. The van der Waals surface area contributed by atoms with E-state index >= 15 is 0 Å². The highest BCUT2D eigenvalue weighted by molar-refractivity contribution is 5.95. The van der Waals surface area contributed by atoms with Gasteiger partial charge in [-0.05, 0) is 49.2 Å². The molecule has 1 aliphatic rings. The number of ether oxygens (including phenoxy) is 1. The molecule has 1 fully saturated rings. The second-order valence-electron chi connectivity index (χ2n) is 7.29. The lowest BCUT2D eigenvalue weighted by atomic mass is 10.1. The van der Waals surface area contributed by atoms with Gasteiger partial charge in [0.2, 0.25) is 5.91 Å². The molecule has 0 bridgehead atoms. The number of aryl methyl sites for hydroxylation is 2. The summed E-state index contributed by atoms with van der Waals surface area (Å²) in [7, 11) is 0. The fourth-order valence-corrected chi connectivity index (χ4v) is 3.46. The van der Waals surface area contributed by atoms with E-state index in [4.69, 9.17) is 0 Å². The Kier molecular flexibility index (Phi) is 6.99. The highest BCUT2D eigenvalue weighted by Crippen LogP contribution is 2.20. The molecule has 3 rings (SSSR count). The first kappa shape index (κ1) is 21.7. The first-order valence-electron chi connectivity index (χ1n) is 9.76. The highest BCUT2D eigenvalue weighted by atomic mass is 19.3. The van der Waals surface area contributed by atoms with Crippen LogP contribution >= 0.6 is 0 Å². The van der Waals surface area contributed by atoms with Crippen LogP contribution in [0.1, 0.15) is 21.5 Å². The first-order chi connectivity index (χ1) is 14.3. The zero-order valence-electron chi connectivity index (χ0n) is 17.0. The van der Waals surface area contributed by atoms with Gasteiger partial charge in [0.1, 0.15) is 5.75 Å². The molecule has 0 spiro atoms. The third kappa shape index (κ3) is 5.54. The zero-order chi connectivity index (χ0) is 21.7. The number of hydrogen-bond acceptors (Lipinski definition) is 4. The van der Waals surface area contributed by atoms with Gasteiger partial charge in [0.05, 0.1) is 6.54 Å². The van der Waals surface area contributed by atoms with Crippen molar-refractivity contribution in [1.82, 2.24) is 9.80 Å². The molecule has 0 aromatic heterocycles. The van der Waals surface area contributed by atoms with Crippen LogP contribution in [-0.4, -0.2) is 60.9 Å². The summed E-state index contributed by atoms with van der Waals surface area (Å²) < 4.78 is 28.8. The number of hydrogen-bond donors (Lipinski definition) is 1. The quantitative estimate of drug-likeness (QED) is 0.784. The summed E-state index contributed by atoms with van der Waals surface area (Å²) in [5.74, 6) is -0.235. The predicted molar refractivity (Wildman–Crippen MR) is 110 cm³/mol. The van der Waals surface area contributed by atoms with Crippen molar-refractivity contribution >= 4 is 17.5 Å². The van der Waals surface area contributed by atoms with Gasteiger partial charge in [0.25, 0.3) is 5.91 Å². The Balaban J connectivity index is 1.49. The van der Waals surface area contributed by atoms with Gasteiger partial charge in [-0.25, -0.2) is 0 Å². The minimum absolute atomic E-state index is 0.0151. The average Bonchev–Trinajstić information content (AvgIpc) is 2.71. The maximum atomic E-state index is 12.6. The topological polar surface area (TPSA) is 61.9 Å². The Bertz CT molecular complexity index is 875. The minimum atomic E-state index is -2.90. The number of carbonyl (C=O) groups excluding carboxylic acids is 2. The number of benzene rings is 2. The standard InChI is InChI=1S/C22H25F2N3O3/c1-15-4-3-5-16(2)20(15)25-19(28)14-26-10-12-27(13-11-26)21(29)17-6-8-18(9-7-17)30-22(23)24/h3-9,22H,10-14H2,1-2H3,(H,25,28). The molecule has 0 saturated carbocycles. The number of piperazine rings is 1. The molecule has 2 aromatic carbocycles. The number of rotatable bonds is 6. The van der Waals surface area contributed by atoms with Gasteiger partial charge in [-0.1, -0.05) is 18.2 Å². The summed E-state index contributed by atoms with van der Waals surface area (Å²) in [5.41, 5.74) is 3.29. The number of nitrogens with zero attached hydrogens (tertiary/aromatic N) is 2. The van der Waals surface area contributed by atoms with Crippen molar-refractivity contribution in [2.24, 2.45) is 0 Å². The summed E-state index contributed by atoms with van der Waals surface area (Å²) >= 11 is 0. The maximum absolute atomic E-state index is 12.6. The zero-order valence-corrected chi connectivity index (χ0v) is 17.0. The van der Waals surface area contributed by atoms with Crippen molar-refractivity contribution in [2.75, 3.05) is 38.0 Å². The van der Waals surface area contributed by atoms with Crippen LogP contribution in [0.3, 0.4) is 0 Å². The van der Waals surface area contributed by atoms with Crippen LogP contribution < -0.4 is 10.1 Å². The summed E-state index contributed by atoms with van der Waals surface area (Å²) in [6.45, 7) is 3.42. The predicted octanol–water partition coefficient (Wildman–Crippen LogP) is 3.30. The normalized spacial score (nSPS) is 14.6. The third-order valence-electron chi connectivity index (χ3n) is 5.10. The van der Waals surface area contributed by atoms with Gasteiger partial charge in [0, 0.05) is 37.4 Å². The van der Waals surface area contributed by atoms with Crippen LogP contribution in [0.15, 0.2) is 42.5 Å². The van der Waals surface area contributed by atoms with Crippen molar-refractivity contribution in [1.29, 1.82) is 0 Å². The van der Waals surface area contributed by atoms with E-state index in [1.54, 1.807) is 4.90 Å². The lowest BCUT2D eigenvalue weighted by Gasteiger charge is -2.34. The third-order valence-corrected chi connectivity index (χ3v) is 5.10. The lowest BCUT2D eigenvalue weighted by Crippen LogP contribution is -2.50. The molecule has 0 atom stereocenters. The number of carbonyl (C=O) groups is 2. The van der Waals surface area contributed by atoms with Crippen molar-refractivity contribution in [3.63, 3.8) is 0 Å². The molecule has 160 valence electrons. The van der Waals surface area contributed by atoms with Crippen LogP contribution in [0.4, 0.5) is 14.5 Å². The van der Waals surface area contributed by atoms with Gasteiger partial charge in [0.15, 0.2) is 0 Å². The van der Waals surface area contributed by atoms with E-state index in [0.717, 1.165) is 16.8 Å². The van der Waals surface area contributed by atoms with Gasteiger partial charge < -0.3 is 15.0 Å². The molecule has 2 amide bonds. The summed E-state index contributed by atoms with van der Waals surface area (Å²) in [6, 6.07) is 11.5. The van der Waals surface area contributed by atoms with Crippen LogP contribution in [0.5, 0.6) is 5.75 Å². The van der Waals surface area contributed by atoms with Gasteiger partial charge in [-0.3, -0.25) is 14.5 Å². The van der Waals surface area contributed by atoms with Crippen LogP contribution in [0, 0.1) is 13.8 Å². The molecular formula is C22H25F2N3O3. The van der Waals surface area contributed by atoms with E-state index in [1.807, 2.05) is 36.9 Å². The van der Waals surface area contributed by atoms with Crippen molar-refractivity contribution in [2.45, 2.75) is 20.5 Å². The van der Waals surface area contributed by atoms with Crippen LogP contribution in [0.25, 0.3) is 0 Å². The summed E-state index contributed by atoms with van der Waals surface area (Å²) in [4.78, 5) is 28.8. The number of para-hydroxylation sites is 1. The first-order valence-corrected chi connectivity index (χ1v) is 9.76. The smallest absolute Gasteiger partial charge is 0.387 e. The lowest BCUT2D eigenvalue weighted by molar-refractivity contribution is -0.117. The molecule has 6 nitrogen and oxygen atoms in total. The van der Waals surface area contributed by atoms with Gasteiger partial charge >= 0.3 is 6.61 Å². The van der Waals surface area contributed by atoms with E-state index in [2.05, 4.69) is 10.1 Å². The molecule has 1 aliphatic heterocycles. The Hall–Kier alpha value is -3.00. The van der Waals surface area contributed by atoms with Gasteiger partial charge in [-0.15, -0.1) is 0 Å². The molecule has 0 radical (unpaired) electrons. The van der Waals surface area contributed by atoms with E-state index in [-0.39, 0.29) is 24.1 Å². The van der Waals surface area contributed by atoms with E-state index in [0.29, 0.717) is 31.7 Å². The van der Waals surface area contributed by atoms with E-state index in [1.165, 1.54) is 24.3 Å². The average molecular weight is 417 g/mol. The Labute approximate surface area is 174 Å². The monoisotopic (exact) mass is 417 g/mol. The molecule has 1 saturated heterocycles. The second kappa shape index (κ2) is 9.67. The van der Waals surface area contributed by atoms with Crippen LogP contribution in [-0.2, 0) is 4.79 Å². The van der Waals surface area contributed by atoms with E-state index in [9.17, 15) is 18.4 Å². The molecule has 8 heteroatoms. The molecule has 0 unspecified atom stereocenters. The molecule has 1 N–H and O–H groups in total. The molecule has 0 aliphatic carbocycles. The van der Waals surface area contributed by atoms with Crippen LogP contribution in [0.2, 0.25) is 0 Å². The van der Waals surface area contributed by atoms with E-state index < -0.39 is 6.61 Å². The highest BCUT2D eigenvalue weighted by Gasteiger charge is 2.23. The number of nitrogens with one attached hydrogen (secondary N) is 1. The molecular weight excluding hydrogens is 392 g/mol. The SMILES string of the molecule is Cc1cccc(C)c1NC(=O)CN1CCN(C(=O)c2ccc(OC(F)F)cc2)CC1. The number of anilines is 1. The largest absolute Gasteiger partial charge is 0.435 e. The van der Waals surface area contributed by atoms with Crippen molar-refractivity contribution < 1.29 is 23.1 Å². The Morgan fingerprint density at radius 1 is 1.00 bits per heavy atom. The number of halogens is 2. The fraction of sp³-hybridized carbons (Fsp3) is 0.364. The molecule has 30 heavy (non-hydrogen) atoms. The van der Waals surface area contributed by atoms with Crippen molar-refractivity contribution in [3.05, 3.63) is 59.2 Å². The maximum Gasteiger partial charge on any atom is 0.387 e. The van der Waals surface area contributed by atoms with Crippen molar-refractivity contribution in [3.8, 4) is 5.75 Å². The molecule has 1 heterocycles. The fourth-order valence-electron chi connectivity index (χ4n) is 3.46. The summed E-state index contributed by atoms with van der Waals surface area (Å²) in [6.07, 6.45) is 0. The number of alkyl halides is 2.